The SMILES string of the molecule is Cc1c[nH]c(=O)c2ccc(-c3nc(-c4ccc5c(c4)[C@H](N(C)C)CO5)c(F)nc3N)cc12. The van der Waals surface area contributed by atoms with Crippen molar-refractivity contribution in [1.82, 2.24) is 19.9 Å². The number of nitrogen functional groups attached to an aromatic ring is 1. The number of aryl methyl sites for hydroxylation is 1. The van der Waals surface area contributed by atoms with Gasteiger partial charge in [-0.15, -0.1) is 0 Å². The van der Waals surface area contributed by atoms with E-state index in [1.54, 1.807) is 24.4 Å². The predicted molar refractivity (Wildman–Crippen MR) is 122 cm³/mol. The molecule has 1 aliphatic heterocycles. The molecule has 4 aromatic rings. The lowest BCUT2D eigenvalue weighted by Gasteiger charge is -2.18. The van der Waals surface area contributed by atoms with Crippen molar-refractivity contribution in [3.63, 3.8) is 0 Å². The number of hydrogen-bond acceptors (Lipinski definition) is 6. The van der Waals surface area contributed by atoms with E-state index >= 15 is 0 Å². The van der Waals surface area contributed by atoms with Crippen molar-refractivity contribution in [2.24, 2.45) is 0 Å². The minimum absolute atomic E-state index is 0.0104. The highest BCUT2D eigenvalue weighted by Crippen LogP contribution is 2.38. The summed E-state index contributed by atoms with van der Waals surface area (Å²) in [6.07, 6.45) is 1.66. The fourth-order valence-corrected chi connectivity index (χ4v) is 4.14. The second-order valence-electron chi connectivity index (χ2n) is 8.20. The molecule has 1 atom stereocenters. The van der Waals surface area contributed by atoms with E-state index < -0.39 is 5.95 Å². The number of halogens is 1. The van der Waals surface area contributed by atoms with E-state index in [0.29, 0.717) is 28.8 Å². The lowest BCUT2D eigenvalue weighted by Crippen LogP contribution is -2.20. The van der Waals surface area contributed by atoms with Gasteiger partial charge in [-0.1, -0.05) is 6.07 Å². The second kappa shape index (κ2) is 7.42. The van der Waals surface area contributed by atoms with Gasteiger partial charge in [0.05, 0.1) is 6.04 Å². The fourth-order valence-electron chi connectivity index (χ4n) is 4.14. The summed E-state index contributed by atoms with van der Waals surface area (Å²) in [7, 11) is 3.95. The molecule has 0 spiro atoms. The zero-order valence-electron chi connectivity index (χ0n) is 17.9. The maximum absolute atomic E-state index is 14.9. The number of pyridine rings is 1. The number of fused-ring (bicyclic) bond motifs is 2. The molecule has 3 N–H and O–H groups in total. The molecule has 0 aliphatic carbocycles. The lowest BCUT2D eigenvalue weighted by atomic mass is 10.0. The molecule has 0 bridgehead atoms. The van der Waals surface area contributed by atoms with Crippen LogP contribution in [0, 0.1) is 12.9 Å². The van der Waals surface area contributed by atoms with Crippen molar-refractivity contribution in [2.45, 2.75) is 13.0 Å². The Labute approximate surface area is 183 Å². The molecule has 0 fully saturated rings. The van der Waals surface area contributed by atoms with Crippen molar-refractivity contribution >= 4 is 16.6 Å². The molecule has 0 radical (unpaired) electrons. The topological polar surface area (TPSA) is 97.1 Å². The Bertz CT molecular complexity index is 1430. The van der Waals surface area contributed by atoms with Gasteiger partial charge in [-0.2, -0.15) is 9.37 Å². The number of nitrogens with one attached hydrogen (secondary N) is 1. The first kappa shape index (κ1) is 20.1. The highest BCUT2D eigenvalue weighted by atomic mass is 19.1. The van der Waals surface area contributed by atoms with Crippen LogP contribution in [0.2, 0.25) is 0 Å². The lowest BCUT2D eigenvalue weighted by molar-refractivity contribution is 0.227. The molecule has 0 amide bonds. The van der Waals surface area contributed by atoms with Gasteiger partial charge in [0.25, 0.3) is 5.56 Å². The Kier molecular flexibility index (Phi) is 4.67. The molecule has 2 aromatic heterocycles. The van der Waals surface area contributed by atoms with Crippen LogP contribution >= 0.6 is 0 Å². The molecule has 3 heterocycles. The van der Waals surface area contributed by atoms with Crippen LogP contribution in [-0.2, 0) is 0 Å². The largest absolute Gasteiger partial charge is 0.491 e. The van der Waals surface area contributed by atoms with Crippen LogP contribution in [0.1, 0.15) is 17.2 Å². The van der Waals surface area contributed by atoms with Crippen LogP contribution in [0.25, 0.3) is 33.3 Å². The number of likely N-dealkylation sites (N-methyl/N-ethyl adjacent to an activating group) is 1. The van der Waals surface area contributed by atoms with Crippen LogP contribution in [-0.4, -0.2) is 40.6 Å². The van der Waals surface area contributed by atoms with Crippen molar-refractivity contribution in [3.8, 4) is 28.3 Å². The van der Waals surface area contributed by atoms with E-state index in [1.165, 1.54) is 0 Å². The van der Waals surface area contributed by atoms with Crippen LogP contribution in [0.5, 0.6) is 5.75 Å². The quantitative estimate of drug-likeness (QED) is 0.514. The maximum Gasteiger partial charge on any atom is 0.255 e. The van der Waals surface area contributed by atoms with Gasteiger partial charge in [0.1, 0.15) is 23.7 Å². The number of benzene rings is 2. The third-order valence-corrected chi connectivity index (χ3v) is 5.92. The number of H-pyrrole nitrogens is 1. The molecule has 1 aliphatic rings. The monoisotopic (exact) mass is 431 g/mol. The Morgan fingerprint density at radius 3 is 2.62 bits per heavy atom. The summed E-state index contributed by atoms with van der Waals surface area (Å²) in [6, 6.07) is 10.9. The smallest absolute Gasteiger partial charge is 0.255 e. The summed E-state index contributed by atoms with van der Waals surface area (Å²) >= 11 is 0. The van der Waals surface area contributed by atoms with Gasteiger partial charge < -0.3 is 15.5 Å². The molecule has 32 heavy (non-hydrogen) atoms. The molecule has 7 nitrogen and oxygen atoms in total. The van der Waals surface area contributed by atoms with Gasteiger partial charge in [-0.3, -0.25) is 9.69 Å². The first-order valence-electron chi connectivity index (χ1n) is 10.2. The fraction of sp³-hybridized carbons (Fsp3) is 0.208. The molecule has 162 valence electrons. The number of nitrogens with two attached hydrogens (primary N) is 1. The second-order valence-corrected chi connectivity index (χ2v) is 8.20. The first-order chi connectivity index (χ1) is 15.3. The first-order valence-corrected chi connectivity index (χ1v) is 10.2. The van der Waals surface area contributed by atoms with E-state index in [1.807, 2.05) is 39.2 Å². The summed E-state index contributed by atoms with van der Waals surface area (Å²) in [5, 5.41) is 1.35. The highest BCUT2D eigenvalue weighted by Gasteiger charge is 2.27. The molecular weight excluding hydrogens is 409 g/mol. The van der Waals surface area contributed by atoms with Gasteiger partial charge in [-0.25, -0.2) is 4.98 Å². The van der Waals surface area contributed by atoms with E-state index in [-0.39, 0.29) is 23.1 Å². The Morgan fingerprint density at radius 1 is 1.09 bits per heavy atom. The third kappa shape index (κ3) is 3.20. The predicted octanol–water partition coefficient (Wildman–Crippen LogP) is 3.68. The van der Waals surface area contributed by atoms with Gasteiger partial charge >= 0.3 is 0 Å². The van der Waals surface area contributed by atoms with E-state index in [9.17, 15) is 9.18 Å². The number of rotatable bonds is 3. The Morgan fingerprint density at radius 2 is 1.84 bits per heavy atom. The molecule has 0 saturated carbocycles. The van der Waals surface area contributed by atoms with Crippen molar-refractivity contribution < 1.29 is 9.13 Å². The number of ether oxygens (including phenoxy) is 1. The zero-order valence-corrected chi connectivity index (χ0v) is 17.9. The van der Waals surface area contributed by atoms with Gasteiger partial charge in [0, 0.05) is 28.3 Å². The van der Waals surface area contributed by atoms with Gasteiger partial charge in [-0.05, 0) is 62.3 Å². The molecule has 2 aromatic carbocycles. The van der Waals surface area contributed by atoms with Crippen molar-refractivity contribution in [3.05, 3.63) is 70.0 Å². The third-order valence-electron chi connectivity index (χ3n) is 5.92. The van der Waals surface area contributed by atoms with Crippen LogP contribution in [0.3, 0.4) is 0 Å². The van der Waals surface area contributed by atoms with Gasteiger partial charge in [0.15, 0.2) is 5.82 Å². The molecule has 0 unspecified atom stereocenters. The van der Waals surface area contributed by atoms with E-state index in [0.717, 1.165) is 22.3 Å². The summed E-state index contributed by atoms with van der Waals surface area (Å²) < 4.78 is 20.6. The molecule has 8 heteroatoms. The number of aromatic amines is 1. The normalized spacial score (nSPS) is 15.2. The number of aromatic nitrogens is 3. The van der Waals surface area contributed by atoms with Crippen molar-refractivity contribution in [2.75, 3.05) is 26.4 Å². The summed E-state index contributed by atoms with van der Waals surface area (Å²) in [4.78, 5) is 25.4. The van der Waals surface area contributed by atoms with Crippen LogP contribution in [0.15, 0.2) is 47.4 Å². The standard InChI is InChI=1S/C24H22FN5O2/c1-12-10-27-24(31)15-6-4-14(8-16(12)15)21-23(26)29-22(25)20(28-21)13-5-7-19-17(9-13)18(11-32-19)30(2)3/h4-10,18H,11H2,1-3H3,(H2,26,29)(H,27,31)/t18-/m1/s1. The minimum atomic E-state index is -0.736. The van der Waals surface area contributed by atoms with Crippen LogP contribution in [0.4, 0.5) is 10.2 Å². The van der Waals surface area contributed by atoms with Crippen LogP contribution < -0.4 is 16.0 Å². The summed E-state index contributed by atoms with van der Waals surface area (Å²) in [6.45, 7) is 2.45. The Hall–Kier alpha value is -3.78. The zero-order chi connectivity index (χ0) is 22.6. The number of nitrogens with zero attached hydrogens (tertiary/aromatic N) is 3. The van der Waals surface area contributed by atoms with Gasteiger partial charge in [0.2, 0.25) is 5.95 Å². The van der Waals surface area contributed by atoms with E-state index in [4.69, 9.17) is 10.5 Å². The highest BCUT2D eigenvalue weighted by molar-refractivity contribution is 5.90. The molecule has 0 saturated heterocycles. The Balaban J connectivity index is 1.65. The van der Waals surface area contributed by atoms with E-state index in [2.05, 4.69) is 19.9 Å². The number of hydrogen-bond donors (Lipinski definition) is 2. The van der Waals surface area contributed by atoms with Crippen molar-refractivity contribution in [1.29, 1.82) is 0 Å². The molecular formula is C24H22FN5O2. The summed E-state index contributed by atoms with van der Waals surface area (Å²) in [5.41, 5.74) is 9.51. The average molecular weight is 431 g/mol. The average Bonchev–Trinajstić information content (AvgIpc) is 3.20. The molecule has 5 rings (SSSR count). The summed E-state index contributed by atoms with van der Waals surface area (Å²) in [5.74, 6) is 0.0374. The minimum Gasteiger partial charge on any atom is -0.491 e. The number of anilines is 1. The maximum atomic E-state index is 14.9.